The van der Waals surface area contributed by atoms with Gasteiger partial charge in [-0.25, -0.2) is 0 Å². The normalized spacial score (nSPS) is 14.0. The Hall–Kier alpha value is -3.22. The fourth-order valence-corrected chi connectivity index (χ4v) is 2.89. The number of aryl methyl sites for hydroxylation is 1. The van der Waals surface area contributed by atoms with Crippen LogP contribution in [0.1, 0.15) is 18.9 Å². The van der Waals surface area contributed by atoms with E-state index in [9.17, 15) is 14.9 Å². The van der Waals surface area contributed by atoms with Crippen molar-refractivity contribution in [3.8, 4) is 0 Å². The number of carbonyl (C=O) groups is 1. The number of fused-ring (bicyclic) bond motifs is 1. The Bertz CT molecular complexity index is 848. The second kappa shape index (κ2) is 7.12. The molecule has 0 aliphatic carbocycles. The molecule has 0 fully saturated rings. The quantitative estimate of drug-likeness (QED) is 0.400. The van der Waals surface area contributed by atoms with Crippen LogP contribution in [-0.2, 0) is 11.2 Å². The van der Waals surface area contributed by atoms with Crippen LogP contribution in [0.5, 0.6) is 0 Å². The minimum Gasteiger partial charge on any atom is -0.322 e. The molecule has 1 N–H and O–H groups in total. The van der Waals surface area contributed by atoms with Crippen LogP contribution < -0.4 is 10.3 Å². The highest BCUT2D eigenvalue weighted by molar-refractivity contribution is 6.43. The molecular weight excluding hydrogens is 320 g/mol. The van der Waals surface area contributed by atoms with Gasteiger partial charge in [-0.3, -0.25) is 20.3 Å². The van der Waals surface area contributed by atoms with Crippen LogP contribution in [0.3, 0.4) is 0 Å². The molecule has 0 atom stereocenters. The number of hydrazone groups is 1. The first-order valence-electron chi connectivity index (χ1n) is 8.01. The lowest BCUT2D eigenvalue weighted by Gasteiger charge is -2.30. The van der Waals surface area contributed by atoms with Crippen LogP contribution in [0, 0.1) is 10.1 Å². The van der Waals surface area contributed by atoms with Gasteiger partial charge >= 0.3 is 0 Å². The highest BCUT2D eigenvalue weighted by Gasteiger charge is 2.23. The Morgan fingerprint density at radius 1 is 1.24 bits per heavy atom. The number of anilines is 2. The van der Waals surface area contributed by atoms with Crippen molar-refractivity contribution in [2.45, 2.75) is 19.8 Å². The van der Waals surface area contributed by atoms with Gasteiger partial charge in [0, 0.05) is 31.3 Å². The number of rotatable bonds is 4. The summed E-state index contributed by atoms with van der Waals surface area (Å²) in [7, 11) is 0. The molecule has 1 heterocycles. The van der Waals surface area contributed by atoms with Crippen LogP contribution in [-0.4, -0.2) is 23.1 Å². The molecule has 7 nitrogen and oxygen atoms in total. The molecule has 128 valence electrons. The number of carbonyl (C=O) groups excluding carboxylic acids is 1. The van der Waals surface area contributed by atoms with Gasteiger partial charge in [-0.05, 0) is 30.5 Å². The second-order valence-corrected chi connectivity index (χ2v) is 5.79. The lowest BCUT2D eigenvalue weighted by atomic mass is 10.0. The Kier molecular flexibility index (Phi) is 4.74. The highest BCUT2D eigenvalue weighted by Crippen LogP contribution is 2.27. The number of ketones is 1. The van der Waals surface area contributed by atoms with E-state index >= 15 is 0 Å². The molecule has 0 aromatic heterocycles. The first kappa shape index (κ1) is 16.6. The number of Topliss-reactive ketones (excluding diaryl/α,β-unsaturated/α-hetero) is 1. The molecule has 0 spiro atoms. The summed E-state index contributed by atoms with van der Waals surface area (Å²) in [6.07, 6.45) is 1.90. The Morgan fingerprint density at radius 2 is 2.04 bits per heavy atom. The number of hydrogen-bond acceptors (Lipinski definition) is 5. The third kappa shape index (κ3) is 3.65. The maximum absolute atomic E-state index is 12.1. The van der Waals surface area contributed by atoms with E-state index in [1.807, 2.05) is 29.2 Å². The topological polar surface area (TPSA) is 87.8 Å². The number of para-hydroxylation sites is 1. The molecule has 2 aromatic rings. The minimum atomic E-state index is -0.471. The minimum absolute atomic E-state index is 0.0344. The van der Waals surface area contributed by atoms with Crippen molar-refractivity contribution >= 4 is 28.7 Å². The molecule has 7 heteroatoms. The predicted octanol–water partition coefficient (Wildman–Crippen LogP) is 3.36. The van der Waals surface area contributed by atoms with E-state index in [0.717, 1.165) is 18.5 Å². The third-order valence-electron chi connectivity index (χ3n) is 4.03. The van der Waals surface area contributed by atoms with E-state index in [1.165, 1.54) is 24.6 Å². The van der Waals surface area contributed by atoms with Crippen molar-refractivity contribution in [3.05, 3.63) is 64.2 Å². The van der Waals surface area contributed by atoms with E-state index in [2.05, 4.69) is 10.5 Å². The summed E-state index contributed by atoms with van der Waals surface area (Å²) in [6, 6.07) is 14.0. The Balaban J connectivity index is 1.90. The van der Waals surface area contributed by atoms with Gasteiger partial charge in [-0.15, -0.1) is 0 Å². The van der Waals surface area contributed by atoms with Crippen molar-refractivity contribution < 1.29 is 9.72 Å². The number of benzene rings is 2. The van der Waals surface area contributed by atoms with Crippen LogP contribution in [0.4, 0.5) is 17.1 Å². The zero-order valence-electron chi connectivity index (χ0n) is 13.8. The average molecular weight is 338 g/mol. The molecule has 25 heavy (non-hydrogen) atoms. The Morgan fingerprint density at radius 3 is 2.80 bits per heavy atom. The number of amidine groups is 1. The molecule has 0 saturated carbocycles. The second-order valence-electron chi connectivity index (χ2n) is 5.79. The van der Waals surface area contributed by atoms with Crippen molar-refractivity contribution in [1.82, 2.24) is 0 Å². The zero-order chi connectivity index (χ0) is 17.8. The first-order valence-corrected chi connectivity index (χ1v) is 8.01. The van der Waals surface area contributed by atoms with Crippen LogP contribution >= 0.6 is 0 Å². The number of nitrogens with zero attached hydrogens (tertiary/aromatic N) is 3. The fraction of sp³-hybridized carbons (Fsp3) is 0.222. The molecule has 2 aromatic carbocycles. The van der Waals surface area contributed by atoms with Gasteiger partial charge in [0.2, 0.25) is 0 Å². The lowest BCUT2D eigenvalue weighted by molar-refractivity contribution is -0.384. The van der Waals surface area contributed by atoms with E-state index in [1.54, 1.807) is 12.1 Å². The highest BCUT2D eigenvalue weighted by atomic mass is 16.6. The number of hydrogen-bond donors (Lipinski definition) is 1. The molecule has 0 bridgehead atoms. The molecule has 1 aliphatic heterocycles. The summed E-state index contributed by atoms with van der Waals surface area (Å²) >= 11 is 0. The SMILES string of the molecule is CC(=O)/C(=N/Nc1cccc([N+](=O)[O-])c1)N1CCCc2ccccc21. The molecule has 0 saturated heterocycles. The first-order chi connectivity index (χ1) is 12.1. The summed E-state index contributed by atoms with van der Waals surface area (Å²) in [4.78, 5) is 24.4. The summed E-state index contributed by atoms with van der Waals surface area (Å²) in [6.45, 7) is 2.16. The molecule has 1 aliphatic rings. The van der Waals surface area contributed by atoms with Gasteiger partial charge in [0.15, 0.2) is 11.6 Å². The van der Waals surface area contributed by atoms with Gasteiger partial charge in [-0.2, -0.15) is 5.10 Å². The predicted molar refractivity (Wildman–Crippen MR) is 96.9 cm³/mol. The smallest absolute Gasteiger partial charge is 0.271 e. The van der Waals surface area contributed by atoms with Crippen molar-refractivity contribution in [1.29, 1.82) is 0 Å². The van der Waals surface area contributed by atoms with Crippen LogP contribution in [0.2, 0.25) is 0 Å². The maximum atomic E-state index is 12.1. The van der Waals surface area contributed by atoms with Crippen LogP contribution in [0.15, 0.2) is 53.6 Å². The van der Waals surface area contributed by atoms with Crippen molar-refractivity contribution in [2.24, 2.45) is 5.10 Å². The van der Waals surface area contributed by atoms with Crippen molar-refractivity contribution in [2.75, 3.05) is 16.9 Å². The standard InChI is InChI=1S/C18H18N4O3/c1-13(23)18(20-19-15-8-4-9-16(12-15)22(24)25)21-11-5-7-14-6-2-3-10-17(14)21/h2-4,6,8-10,12,19H,5,7,11H2,1H3/b20-18-. The van der Waals surface area contributed by atoms with Gasteiger partial charge < -0.3 is 4.90 Å². The number of non-ortho nitro benzene ring substituents is 1. The molecule has 3 rings (SSSR count). The summed E-state index contributed by atoms with van der Waals surface area (Å²) in [5.41, 5.74) is 5.35. The summed E-state index contributed by atoms with van der Waals surface area (Å²) in [5, 5.41) is 15.1. The van der Waals surface area contributed by atoms with E-state index in [-0.39, 0.29) is 11.5 Å². The van der Waals surface area contributed by atoms with Crippen LogP contribution in [0.25, 0.3) is 0 Å². The summed E-state index contributed by atoms with van der Waals surface area (Å²) in [5.74, 6) is 0.119. The maximum Gasteiger partial charge on any atom is 0.271 e. The van der Waals surface area contributed by atoms with Gasteiger partial charge in [0.1, 0.15) is 0 Å². The monoisotopic (exact) mass is 338 g/mol. The fourth-order valence-electron chi connectivity index (χ4n) is 2.89. The van der Waals surface area contributed by atoms with E-state index < -0.39 is 4.92 Å². The third-order valence-corrected chi connectivity index (χ3v) is 4.03. The molecular formula is C18H18N4O3. The average Bonchev–Trinajstić information content (AvgIpc) is 2.62. The van der Waals surface area contributed by atoms with Gasteiger partial charge in [0.25, 0.3) is 5.69 Å². The lowest BCUT2D eigenvalue weighted by Crippen LogP contribution is -2.39. The molecule has 0 radical (unpaired) electrons. The molecule has 0 amide bonds. The number of nitro groups is 1. The van der Waals surface area contributed by atoms with Gasteiger partial charge in [-0.1, -0.05) is 24.3 Å². The van der Waals surface area contributed by atoms with E-state index in [0.29, 0.717) is 18.1 Å². The Labute approximate surface area is 145 Å². The number of nitro benzene ring substituents is 1. The summed E-state index contributed by atoms with van der Waals surface area (Å²) < 4.78 is 0. The van der Waals surface area contributed by atoms with Crippen molar-refractivity contribution in [3.63, 3.8) is 0 Å². The zero-order valence-corrected chi connectivity index (χ0v) is 13.8. The van der Waals surface area contributed by atoms with E-state index in [4.69, 9.17) is 0 Å². The molecule has 0 unspecified atom stereocenters. The largest absolute Gasteiger partial charge is 0.322 e. The number of nitrogens with one attached hydrogen (secondary N) is 1. The van der Waals surface area contributed by atoms with Gasteiger partial charge in [0.05, 0.1) is 10.6 Å².